The number of hydrogen-bond acceptors (Lipinski definition) is 3. The quantitative estimate of drug-likeness (QED) is 0.736. The first-order chi connectivity index (χ1) is 12.4. The summed E-state index contributed by atoms with van der Waals surface area (Å²) in [6.45, 7) is 3.99. The van der Waals surface area contributed by atoms with E-state index in [2.05, 4.69) is 4.57 Å². The monoisotopic (exact) mass is 355 g/mol. The van der Waals surface area contributed by atoms with E-state index in [1.165, 1.54) is 32.1 Å². The Kier molecular flexibility index (Phi) is 3.64. The zero-order valence-electron chi connectivity index (χ0n) is 15.9. The van der Waals surface area contributed by atoms with Crippen LogP contribution in [0.3, 0.4) is 0 Å². The summed E-state index contributed by atoms with van der Waals surface area (Å²) >= 11 is 0. The Morgan fingerprint density at radius 2 is 1.65 bits per heavy atom. The number of esters is 1. The summed E-state index contributed by atoms with van der Waals surface area (Å²) in [5.74, 6) is 2.05. The lowest BCUT2D eigenvalue weighted by Gasteiger charge is -2.55. The topological polar surface area (TPSA) is 48.3 Å². The van der Waals surface area contributed by atoms with Gasteiger partial charge in [-0.15, -0.1) is 0 Å². The van der Waals surface area contributed by atoms with E-state index in [9.17, 15) is 9.59 Å². The number of aromatic nitrogens is 1. The molecule has 0 unspecified atom stereocenters. The van der Waals surface area contributed by atoms with Crippen LogP contribution < -0.4 is 0 Å². The molecular weight excluding hydrogens is 326 g/mol. The predicted octanol–water partition coefficient (Wildman–Crippen LogP) is 4.38. The molecule has 4 heteroatoms. The van der Waals surface area contributed by atoms with E-state index >= 15 is 0 Å². The highest BCUT2D eigenvalue weighted by molar-refractivity contribution is 5.94. The number of nitrogens with zero attached hydrogens (tertiary/aromatic N) is 1. The Labute approximate surface area is 155 Å². The van der Waals surface area contributed by atoms with Gasteiger partial charge in [-0.1, -0.05) is 0 Å². The van der Waals surface area contributed by atoms with Gasteiger partial charge in [0.1, 0.15) is 0 Å². The predicted molar refractivity (Wildman–Crippen MR) is 98.1 cm³/mol. The van der Waals surface area contributed by atoms with Crippen LogP contribution >= 0.6 is 0 Å². The molecule has 0 amide bonds. The van der Waals surface area contributed by atoms with Gasteiger partial charge in [0, 0.05) is 22.8 Å². The van der Waals surface area contributed by atoms with Crippen molar-refractivity contribution in [1.29, 1.82) is 0 Å². The molecule has 5 aliphatic rings. The SMILES string of the molecule is Cc1cc(C(=O)OCC(=O)C23CC4CC(CC(C4)C2)C3)c(C)n1C1CC1. The molecule has 0 N–H and O–H groups in total. The second-order valence-corrected chi connectivity index (χ2v) is 9.58. The van der Waals surface area contributed by atoms with Crippen molar-refractivity contribution in [3.63, 3.8) is 0 Å². The summed E-state index contributed by atoms with van der Waals surface area (Å²) in [6, 6.07) is 2.47. The Morgan fingerprint density at radius 1 is 1.08 bits per heavy atom. The van der Waals surface area contributed by atoms with E-state index in [-0.39, 0.29) is 23.8 Å². The molecule has 4 nitrogen and oxygen atoms in total. The number of ketones is 1. The fourth-order valence-corrected chi connectivity index (χ4v) is 6.69. The first-order valence-electron chi connectivity index (χ1n) is 10.3. The fourth-order valence-electron chi connectivity index (χ4n) is 6.69. The number of Topliss-reactive ketones (excluding diaryl/α,β-unsaturated/α-hetero) is 1. The zero-order chi connectivity index (χ0) is 18.1. The smallest absolute Gasteiger partial charge is 0.340 e. The van der Waals surface area contributed by atoms with E-state index in [0.29, 0.717) is 11.6 Å². The third-order valence-electron chi connectivity index (χ3n) is 7.58. The lowest BCUT2D eigenvalue weighted by Crippen LogP contribution is -2.51. The van der Waals surface area contributed by atoms with Gasteiger partial charge >= 0.3 is 5.97 Å². The zero-order valence-corrected chi connectivity index (χ0v) is 15.9. The summed E-state index contributed by atoms with van der Waals surface area (Å²) in [5, 5.41) is 0. The molecule has 140 valence electrons. The van der Waals surface area contributed by atoms with Gasteiger partial charge in [-0.25, -0.2) is 4.79 Å². The van der Waals surface area contributed by atoms with Gasteiger partial charge in [-0.3, -0.25) is 4.79 Å². The first kappa shape index (κ1) is 16.6. The van der Waals surface area contributed by atoms with Crippen LogP contribution in [0.5, 0.6) is 0 Å². The second kappa shape index (κ2) is 5.71. The maximum absolute atomic E-state index is 13.0. The number of carbonyl (C=O) groups is 2. The molecule has 0 saturated heterocycles. The summed E-state index contributed by atoms with van der Waals surface area (Å²) in [4.78, 5) is 25.6. The largest absolute Gasteiger partial charge is 0.454 e. The highest BCUT2D eigenvalue weighted by Gasteiger charge is 2.54. The third-order valence-corrected chi connectivity index (χ3v) is 7.58. The Morgan fingerprint density at radius 3 is 2.19 bits per heavy atom. The molecule has 5 fully saturated rings. The van der Waals surface area contributed by atoms with E-state index in [1.54, 1.807) is 0 Å². The van der Waals surface area contributed by atoms with Crippen molar-refractivity contribution < 1.29 is 14.3 Å². The highest BCUT2D eigenvalue weighted by atomic mass is 16.5. The van der Waals surface area contributed by atoms with Gasteiger partial charge in [-0.05, 0) is 89.0 Å². The normalized spacial score (nSPS) is 34.9. The molecule has 5 saturated carbocycles. The van der Waals surface area contributed by atoms with Crippen LogP contribution in [0.2, 0.25) is 0 Å². The first-order valence-corrected chi connectivity index (χ1v) is 10.3. The molecule has 0 radical (unpaired) electrons. The van der Waals surface area contributed by atoms with Gasteiger partial charge < -0.3 is 9.30 Å². The fraction of sp³-hybridized carbons (Fsp3) is 0.727. The Hall–Kier alpha value is -1.58. The van der Waals surface area contributed by atoms with Crippen molar-refractivity contribution in [3.05, 3.63) is 23.0 Å². The number of ether oxygens (including phenoxy) is 1. The number of rotatable bonds is 5. The van der Waals surface area contributed by atoms with Gasteiger partial charge in [-0.2, -0.15) is 0 Å². The highest BCUT2D eigenvalue weighted by Crippen LogP contribution is 2.60. The van der Waals surface area contributed by atoms with Crippen LogP contribution in [-0.2, 0) is 9.53 Å². The summed E-state index contributed by atoms with van der Waals surface area (Å²) in [7, 11) is 0. The maximum atomic E-state index is 13.0. The summed E-state index contributed by atoms with van der Waals surface area (Å²) in [6.07, 6.45) is 9.44. The molecule has 5 aliphatic carbocycles. The number of aryl methyl sites for hydroxylation is 1. The Bertz CT molecular complexity index is 735. The molecule has 0 atom stereocenters. The molecular formula is C22H29NO3. The van der Waals surface area contributed by atoms with Crippen molar-refractivity contribution in [2.45, 2.75) is 71.3 Å². The third kappa shape index (κ3) is 2.56. The lowest BCUT2D eigenvalue weighted by molar-refractivity contribution is -0.147. The van der Waals surface area contributed by atoms with E-state index in [4.69, 9.17) is 4.74 Å². The average Bonchev–Trinajstić information content (AvgIpc) is 3.36. The molecule has 1 aromatic rings. The van der Waals surface area contributed by atoms with Crippen molar-refractivity contribution in [2.75, 3.05) is 6.61 Å². The molecule has 0 aromatic carbocycles. The standard InChI is InChI=1S/C22H29NO3/c1-13-5-19(14(2)23(13)18-3-4-18)21(25)26-12-20(24)22-9-15-6-16(10-22)8-17(7-15)11-22/h5,15-18H,3-4,6-12H2,1-2H3. The molecule has 0 spiro atoms. The summed E-state index contributed by atoms with van der Waals surface area (Å²) < 4.78 is 7.77. The van der Waals surface area contributed by atoms with Crippen LogP contribution in [-0.4, -0.2) is 22.9 Å². The van der Waals surface area contributed by atoms with Gasteiger partial charge in [0.15, 0.2) is 12.4 Å². The van der Waals surface area contributed by atoms with E-state index < -0.39 is 0 Å². The van der Waals surface area contributed by atoms with Crippen molar-refractivity contribution in [3.8, 4) is 0 Å². The Balaban J connectivity index is 1.27. The van der Waals surface area contributed by atoms with E-state index in [0.717, 1.165) is 48.4 Å². The van der Waals surface area contributed by atoms with Crippen LogP contribution in [0.25, 0.3) is 0 Å². The van der Waals surface area contributed by atoms with E-state index in [1.807, 2.05) is 19.9 Å². The molecule has 4 bridgehead atoms. The molecule has 26 heavy (non-hydrogen) atoms. The van der Waals surface area contributed by atoms with Crippen LogP contribution in [0, 0.1) is 37.0 Å². The number of carbonyl (C=O) groups excluding carboxylic acids is 2. The number of hydrogen-bond donors (Lipinski definition) is 0. The maximum Gasteiger partial charge on any atom is 0.340 e. The van der Waals surface area contributed by atoms with Crippen LogP contribution in [0.4, 0.5) is 0 Å². The van der Waals surface area contributed by atoms with Crippen LogP contribution in [0.15, 0.2) is 6.07 Å². The molecule has 6 rings (SSSR count). The van der Waals surface area contributed by atoms with Crippen molar-refractivity contribution >= 4 is 11.8 Å². The minimum absolute atomic E-state index is 0.0436. The molecule has 1 aromatic heterocycles. The van der Waals surface area contributed by atoms with Gasteiger partial charge in [0.05, 0.1) is 5.56 Å². The average molecular weight is 355 g/mol. The molecule has 1 heterocycles. The summed E-state index contributed by atoms with van der Waals surface area (Å²) in [5.41, 5.74) is 2.55. The van der Waals surface area contributed by atoms with Crippen molar-refractivity contribution in [1.82, 2.24) is 4.57 Å². The van der Waals surface area contributed by atoms with Crippen LogP contribution in [0.1, 0.15) is 79.2 Å². The lowest BCUT2D eigenvalue weighted by atomic mass is 9.48. The molecule has 0 aliphatic heterocycles. The minimum Gasteiger partial charge on any atom is -0.454 e. The van der Waals surface area contributed by atoms with Gasteiger partial charge in [0.2, 0.25) is 0 Å². The minimum atomic E-state index is -0.330. The second-order valence-electron chi connectivity index (χ2n) is 9.58. The van der Waals surface area contributed by atoms with Gasteiger partial charge in [0.25, 0.3) is 0 Å². The van der Waals surface area contributed by atoms with Crippen molar-refractivity contribution in [2.24, 2.45) is 23.2 Å².